The van der Waals surface area contributed by atoms with Crippen LogP contribution in [0.5, 0.6) is 0 Å². The number of aromatic nitrogens is 1. The number of hydrogen-bond acceptors (Lipinski definition) is 4. The summed E-state index contributed by atoms with van der Waals surface area (Å²) < 4.78 is 0. The van der Waals surface area contributed by atoms with Crippen molar-refractivity contribution >= 4 is 17.3 Å². The molecule has 1 aromatic carbocycles. The van der Waals surface area contributed by atoms with Crippen LogP contribution in [0.1, 0.15) is 24.2 Å². The zero-order valence-corrected chi connectivity index (χ0v) is 11.7. The average molecular weight is 292 g/mol. The van der Waals surface area contributed by atoms with Crippen LogP contribution in [-0.4, -0.2) is 9.91 Å². The lowest BCUT2D eigenvalue weighted by Gasteiger charge is -2.13. The van der Waals surface area contributed by atoms with Crippen molar-refractivity contribution in [1.29, 1.82) is 0 Å². The maximum atomic E-state index is 11.0. The van der Waals surface area contributed by atoms with Gasteiger partial charge in [0.05, 0.1) is 10.6 Å². The van der Waals surface area contributed by atoms with Crippen LogP contribution in [-0.2, 0) is 6.54 Å². The standard InChI is InChI=1S/C14H14ClN3O2/c1-10(13-4-2-3-7-16-13)17-9-11-8-12(15)5-6-14(11)18(19)20/h2-8,10,17H,9H2,1H3/t10-/m0/s1. The number of halogens is 1. The summed E-state index contributed by atoms with van der Waals surface area (Å²) in [5.74, 6) is 0. The molecule has 0 unspecified atom stereocenters. The fraction of sp³-hybridized carbons (Fsp3) is 0.214. The number of rotatable bonds is 5. The molecule has 1 atom stereocenters. The van der Waals surface area contributed by atoms with Crippen molar-refractivity contribution < 1.29 is 4.92 Å². The monoisotopic (exact) mass is 291 g/mol. The first-order chi connectivity index (χ1) is 9.58. The zero-order chi connectivity index (χ0) is 14.5. The Balaban J connectivity index is 2.11. The molecule has 1 heterocycles. The van der Waals surface area contributed by atoms with Crippen LogP contribution in [0.4, 0.5) is 5.69 Å². The molecule has 1 aromatic heterocycles. The first-order valence-corrected chi connectivity index (χ1v) is 6.53. The Morgan fingerprint density at radius 2 is 2.20 bits per heavy atom. The Morgan fingerprint density at radius 3 is 2.85 bits per heavy atom. The highest BCUT2D eigenvalue weighted by atomic mass is 35.5. The molecule has 5 nitrogen and oxygen atoms in total. The molecule has 0 bridgehead atoms. The van der Waals surface area contributed by atoms with E-state index in [9.17, 15) is 10.1 Å². The number of benzene rings is 1. The quantitative estimate of drug-likeness (QED) is 0.676. The second kappa shape index (κ2) is 6.45. The lowest BCUT2D eigenvalue weighted by Crippen LogP contribution is -2.19. The van der Waals surface area contributed by atoms with Crippen molar-refractivity contribution in [1.82, 2.24) is 10.3 Å². The highest BCUT2D eigenvalue weighted by Gasteiger charge is 2.15. The van der Waals surface area contributed by atoms with Crippen LogP contribution in [0.2, 0.25) is 5.02 Å². The summed E-state index contributed by atoms with van der Waals surface area (Å²) in [5, 5.41) is 14.7. The Hall–Kier alpha value is -1.98. The van der Waals surface area contributed by atoms with Crippen LogP contribution >= 0.6 is 11.6 Å². The van der Waals surface area contributed by atoms with Crippen LogP contribution in [0.15, 0.2) is 42.6 Å². The van der Waals surface area contributed by atoms with Gasteiger partial charge in [-0.05, 0) is 31.2 Å². The van der Waals surface area contributed by atoms with E-state index in [-0.39, 0.29) is 11.7 Å². The van der Waals surface area contributed by atoms with Gasteiger partial charge in [-0.15, -0.1) is 0 Å². The van der Waals surface area contributed by atoms with E-state index in [0.29, 0.717) is 17.1 Å². The van der Waals surface area contributed by atoms with Gasteiger partial charge in [0, 0.05) is 35.4 Å². The summed E-state index contributed by atoms with van der Waals surface area (Å²) >= 11 is 5.89. The molecular formula is C14H14ClN3O2. The van der Waals surface area contributed by atoms with Gasteiger partial charge in [-0.2, -0.15) is 0 Å². The highest BCUT2D eigenvalue weighted by molar-refractivity contribution is 6.30. The Labute approximate surface area is 121 Å². The summed E-state index contributed by atoms with van der Waals surface area (Å²) in [4.78, 5) is 14.8. The summed E-state index contributed by atoms with van der Waals surface area (Å²) in [6.45, 7) is 2.31. The van der Waals surface area contributed by atoms with E-state index >= 15 is 0 Å². The fourth-order valence-corrected chi connectivity index (χ4v) is 2.07. The first-order valence-electron chi connectivity index (χ1n) is 6.15. The lowest BCUT2D eigenvalue weighted by molar-refractivity contribution is -0.385. The Kier molecular flexibility index (Phi) is 4.65. The lowest BCUT2D eigenvalue weighted by atomic mass is 10.1. The van der Waals surface area contributed by atoms with E-state index in [2.05, 4.69) is 10.3 Å². The van der Waals surface area contributed by atoms with E-state index in [1.54, 1.807) is 12.3 Å². The zero-order valence-electron chi connectivity index (χ0n) is 10.9. The van der Waals surface area contributed by atoms with Gasteiger partial charge in [0.1, 0.15) is 0 Å². The maximum Gasteiger partial charge on any atom is 0.273 e. The molecule has 0 amide bonds. The molecule has 6 heteroatoms. The minimum atomic E-state index is -0.404. The van der Waals surface area contributed by atoms with E-state index in [1.165, 1.54) is 12.1 Å². The highest BCUT2D eigenvalue weighted by Crippen LogP contribution is 2.23. The van der Waals surface area contributed by atoms with E-state index < -0.39 is 4.92 Å². The number of nitro groups is 1. The van der Waals surface area contributed by atoms with Crippen LogP contribution in [0, 0.1) is 10.1 Å². The predicted molar refractivity (Wildman–Crippen MR) is 77.6 cm³/mol. The number of nitrogens with one attached hydrogen (secondary N) is 1. The Morgan fingerprint density at radius 1 is 1.40 bits per heavy atom. The van der Waals surface area contributed by atoms with Gasteiger partial charge in [-0.3, -0.25) is 15.1 Å². The molecule has 2 aromatic rings. The first kappa shape index (κ1) is 14.4. The molecule has 0 spiro atoms. The van der Waals surface area contributed by atoms with Gasteiger partial charge in [-0.1, -0.05) is 17.7 Å². The molecule has 0 aliphatic heterocycles. The summed E-state index contributed by atoms with van der Waals surface area (Å²) in [5.41, 5.74) is 1.51. The molecule has 20 heavy (non-hydrogen) atoms. The predicted octanol–water partition coefficient (Wildman–Crippen LogP) is 3.49. The smallest absolute Gasteiger partial charge is 0.273 e. The van der Waals surface area contributed by atoms with Crippen molar-refractivity contribution in [2.45, 2.75) is 19.5 Å². The van der Waals surface area contributed by atoms with Crippen molar-refractivity contribution in [2.75, 3.05) is 0 Å². The minimum Gasteiger partial charge on any atom is -0.304 e. The molecule has 0 aliphatic rings. The molecule has 0 saturated heterocycles. The van der Waals surface area contributed by atoms with E-state index in [1.807, 2.05) is 25.1 Å². The third-order valence-corrected chi connectivity index (χ3v) is 3.20. The molecule has 0 aliphatic carbocycles. The molecule has 0 saturated carbocycles. The number of nitro benzene ring substituents is 1. The third-order valence-electron chi connectivity index (χ3n) is 2.97. The topological polar surface area (TPSA) is 68.1 Å². The number of hydrogen-bond donors (Lipinski definition) is 1. The van der Waals surface area contributed by atoms with Crippen LogP contribution < -0.4 is 5.32 Å². The SMILES string of the molecule is C[C@H](NCc1cc(Cl)ccc1[N+](=O)[O-])c1ccccn1. The molecular weight excluding hydrogens is 278 g/mol. The number of nitrogens with zero attached hydrogens (tertiary/aromatic N) is 2. The van der Waals surface area contributed by atoms with Gasteiger partial charge >= 0.3 is 0 Å². The van der Waals surface area contributed by atoms with E-state index in [0.717, 1.165) is 5.69 Å². The van der Waals surface area contributed by atoms with Gasteiger partial charge < -0.3 is 5.32 Å². The minimum absolute atomic E-state index is 0.00483. The molecule has 1 N–H and O–H groups in total. The number of pyridine rings is 1. The van der Waals surface area contributed by atoms with Crippen molar-refractivity contribution in [3.63, 3.8) is 0 Å². The second-order valence-electron chi connectivity index (χ2n) is 4.39. The van der Waals surface area contributed by atoms with Gasteiger partial charge in [0.2, 0.25) is 0 Å². The van der Waals surface area contributed by atoms with E-state index in [4.69, 9.17) is 11.6 Å². The molecule has 2 rings (SSSR count). The fourth-order valence-electron chi connectivity index (χ4n) is 1.87. The summed E-state index contributed by atoms with van der Waals surface area (Å²) in [7, 11) is 0. The molecule has 0 radical (unpaired) electrons. The normalized spacial score (nSPS) is 12.1. The largest absolute Gasteiger partial charge is 0.304 e. The van der Waals surface area contributed by atoms with Crippen LogP contribution in [0.25, 0.3) is 0 Å². The molecule has 0 fully saturated rings. The summed E-state index contributed by atoms with van der Waals surface area (Å²) in [6.07, 6.45) is 1.72. The second-order valence-corrected chi connectivity index (χ2v) is 4.82. The van der Waals surface area contributed by atoms with Gasteiger partial charge in [0.15, 0.2) is 0 Å². The van der Waals surface area contributed by atoms with Crippen LogP contribution in [0.3, 0.4) is 0 Å². The third kappa shape index (κ3) is 3.53. The molecule has 104 valence electrons. The van der Waals surface area contributed by atoms with Gasteiger partial charge in [-0.25, -0.2) is 0 Å². The maximum absolute atomic E-state index is 11.0. The van der Waals surface area contributed by atoms with Crippen molar-refractivity contribution in [3.8, 4) is 0 Å². The summed E-state index contributed by atoms with van der Waals surface area (Å²) in [6, 6.07) is 10.2. The van der Waals surface area contributed by atoms with Gasteiger partial charge in [0.25, 0.3) is 5.69 Å². The van der Waals surface area contributed by atoms with Crippen molar-refractivity contribution in [3.05, 3.63) is 69.0 Å². The average Bonchev–Trinajstić information content (AvgIpc) is 2.45. The van der Waals surface area contributed by atoms with Crippen molar-refractivity contribution in [2.24, 2.45) is 0 Å². The Bertz CT molecular complexity index is 605.